The highest BCUT2D eigenvalue weighted by Gasteiger charge is 2.27. The maximum atomic E-state index is 10.6. The Bertz CT molecular complexity index is 454. The summed E-state index contributed by atoms with van der Waals surface area (Å²) in [5, 5.41) is 11.6. The fraction of sp³-hybridized carbons (Fsp3) is 0.625. The first-order chi connectivity index (χ1) is 9.52. The summed E-state index contributed by atoms with van der Waals surface area (Å²) in [5.74, 6) is 1.61. The molecule has 0 aliphatic heterocycles. The largest absolute Gasteiger partial charge is 0.492 e. The van der Waals surface area contributed by atoms with Crippen LogP contribution >= 0.6 is 23.2 Å². The van der Waals surface area contributed by atoms with Crippen molar-refractivity contribution < 1.29 is 9.84 Å². The van der Waals surface area contributed by atoms with E-state index >= 15 is 0 Å². The molecule has 1 aliphatic carbocycles. The van der Waals surface area contributed by atoms with Crippen LogP contribution in [0.5, 0.6) is 5.75 Å². The molecule has 0 aromatic heterocycles. The minimum Gasteiger partial charge on any atom is -0.492 e. The Hall–Kier alpha value is -0.440. The minimum absolute atomic E-state index is 0.276. The zero-order chi connectivity index (χ0) is 14.7. The molecule has 20 heavy (non-hydrogen) atoms. The van der Waals surface area contributed by atoms with Gasteiger partial charge < -0.3 is 9.84 Å². The fourth-order valence-electron chi connectivity index (χ4n) is 2.89. The van der Waals surface area contributed by atoms with E-state index in [1.807, 2.05) is 6.92 Å². The van der Waals surface area contributed by atoms with Crippen molar-refractivity contribution in [1.82, 2.24) is 0 Å². The Labute approximate surface area is 131 Å². The van der Waals surface area contributed by atoms with Crippen molar-refractivity contribution in [2.24, 2.45) is 11.8 Å². The topological polar surface area (TPSA) is 29.5 Å². The van der Waals surface area contributed by atoms with Crippen molar-refractivity contribution in [2.75, 3.05) is 6.61 Å². The summed E-state index contributed by atoms with van der Waals surface area (Å²) in [6.45, 7) is 4.71. The lowest BCUT2D eigenvalue weighted by atomic mass is 9.78. The van der Waals surface area contributed by atoms with Crippen molar-refractivity contribution in [3.05, 3.63) is 27.7 Å². The predicted molar refractivity (Wildman–Crippen MR) is 83.7 cm³/mol. The van der Waals surface area contributed by atoms with Crippen molar-refractivity contribution in [3.8, 4) is 5.75 Å². The lowest BCUT2D eigenvalue weighted by Crippen LogP contribution is -2.19. The summed E-state index contributed by atoms with van der Waals surface area (Å²) in [6, 6.07) is 3.45. The molecule has 1 N–H and O–H groups in total. The van der Waals surface area contributed by atoms with E-state index in [2.05, 4.69) is 6.92 Å². The number of halogens is 2. The second-order valence-corrected chi connectivity index (χ2v) is 6.52. The summed E-state index contributed by atoms with van der Waals surface area (Å²) in [7, 11) is 0. The summed E-state index contributed by atoms with van der Waals surface area (Å²) in [5.41, 5.74) is 0.722. The Morgan fingerprint density at radius 2 is 1.85 bits per heavy atom. The Morgan fingerprint density at radius 3 is 2.45 bits per heavy atom. The van der Waals surface area contributed by atoms with Crippen LogP contribution in [0, 0.1) is 11.8 Å². The zero-order valence-electron chi connectivity index (χ0n) is 12.0. The van der Waals surface area contributed by atoms with Gasteiger partial charge in [0.1, 0.15) is 5.75 Å². The molecule has 0 heterocycles. The van der Waals surface area contributed by atoms with Gasteiger partial charge in [-0.1, -0.05) is 43.0 Å². The molecule has 0 radical (unpaired) electrons. The van der Waals surface area contributed by atoms with Gasteiger partial charge in [-0.2, -0.15) is 0 Å². The van der Waals surface area contributed by atoms with Gasteiger partial charge in [0.2, 0.25) is 0 Å². The first-order valence-corrected chi connectivity index (χ1v) is 8.08. The molecule has 1 fully saturated rings. The summed E-state index contributed by atoms with van der Waals surface area (Å²) in [4.78, 5) is 0. The smallest absolute Gasteiger partial charge is 0.139 e. The number of rotatable bonds is 4. The van der Waals surface area contributed by atoms with Gasteiger partial charge in [0.25, 0.3) is 0 Å². The lowest BCUT2D eigenvalue weighted by Gasteiger charge is -2.30. The maximum Gasteiger partial charge on any atom is 0.139 e. The molecular weight excluding hydrogens is 295 g/mol. The first kappa shape index (κ1) is 15.9. The predicted octanol–water partition coefficient (Wildman–Crippen LogP) is 5.25. The highest BCUT2D eigenvalue weighted by molar-refractivity contribution is 6.34. The Kier molecular flexibility index (Phi) is 5.59. The SMILES string of the molecule is CCOc1cc(Cl)c(C(O)C2CCC(C)CC2)cc1Cl. The molecule has 1 aromatic carbocycles. The van der Waals surface area contributed by atoms with Crippen LogP contribution in [-0.4, -0.2) is 11.7 Å². The van der Waals surface area contributed by atoms with Crippen molar-refractivity contribution in [3.63, 3.8) is 0 Å². The van der Waals surface area contributed by atoms with E-state index in [-0.39, 0.29) is 5.92 Å². The number of ether oxygens (including phenoxy) is 1. The second kappa shape index (κ2) is 7.02. The van der Waals surface area contributed by atoms with Crippen LogP contribution in [0.3, 0.4) is 0 Å². The molecule has 0 spiro atoms. The monoisotopic (exact) mass is 316 g/mol. The molecule has 2 rings (SSSR count). The molecule has 0 bridgehead atoms. The van der Waals surface area contributed by atoms with E-state index in [0.717, 1.165) is 24.3 Å². The van der Waals surface area contributed by atoms with Crippen molar-refractivity contribution >= 4 is 23.2 Å². The van der Waals surface area contributed by atoms with Crippen LogP contribution in [0.25, 0.3) is 0 Å². The number of hydrogen-bond donors (Lipinski definition) is 1. The second-order valence-electron chi connectivity index (χ2n) is 5.70. The molecule has 112 valence electrons. The number of hydrogen-bond acceptors (Lipinski definition) is 2. The normalized spacial score (nSPS) is 24.4. The molecule has 1 aromatic rings. The average molecular weight is 317 g/mol. The zero-order valence-corrected chi connectivity index (χ0v) is 13.5. The van der Waals surface area contributed by atoms with E-state index in [1.54, 1.807) is 12.1 Å². The van der Waals surface area contributed by atoms with E-state index in [1.165, 1.54) is 12.8 Å². The fourth-order valence-corrected chi connectivity index (χ4v) is 3.38. The van der Waals surface area contributed by atoms with Gasteiger partial charge in [-0.25, -0.2) is 0 Å². The molecule has 1 aliphatic rings. The lowest BCUT2D eigenvalue weighted by molar-refractivity contribution is 0.0756. The Morgan fingerprint density at radius 1 is 1.20 bits per heavy atom. The van der Waals surface area contributed by atoms with Crippen LogP contribution in [0.2, 0.25) is 10.0 Å². The molecule has 1 saturated carbocycles. The van der Waals surface area contributed by atoms with Crippen LogP contribution in [-0.2, 0) is 0 Å². The number of aliphatic hydroxyl groups is 1. The van der Waals surface area contributed by atoms with E-state index < -0.39 is 6.10 Å². The minimum atomic E-state index is -0.539. The van der Waals surface area contributed by atoms with Crippen molar-refractivity contribution in [1.29, 1.82) is 0 Å². The molecule has 2 nitrogen and oxygen atoms in total. The third-order valence-corrected chi connectivity index (χ3v) is 4.80. The summed E-state index contributed by atoms with van der Waals surface area (Å²) >= 11 is 12.5. The molecule has 1 unspecified atom stereocenters. The van der Waals surface area contributed by atoms with Gasteiger partial charge in [0.05, 0.1) is 22.8 Å². The molecule has 4 heteroatoms. The first-order valence-electron chi connectivity index (χ1n) is 7.32. The molecule has 1 atom stereocenters. The maximum absolute atomic E-state index is 10.6. The van der Waals surface area contributed by atoms with Crippen LogP contribution < -0.4 is 4.74 Å². The van der Waals surface area contributed by atoms with Crippen LogP contribution in [0.1, 0.15) is 51.2 Å². The number of benzene rings is 1. The highest BCUT2D eigenvalue weighted by atomic mass is 35.5. The van der Waals surface area contributed by atoms with Gasteiger partial charge in [-0.3, -0.25) is 0 Å². The van der Waals surface area contributed by atoms with E-state index in [9.17, 15) is 5.11 Å². The highest BCUT2D eigenvalue weighted by Crippen LogP contribution is 2.41. The standard InChI is InChI=1S/C16H22Cl2O2/c1-3-20-15-9-13(17)12(8-14(15)18)16(19)11-6-4-10(2)5-7-11/h8-11,16,19H,3-7H2,1-2H3. The van der Waals surface area contributed by atoms with Gasteiger partial charge in [0, 0.05) is 11.6 Å². The van der Waals surface area contributed by atoms with E-state index in [0.29, 0.717) is 22.4 Å². The third kappa shape index (κ3) is 3.60. The summed E-state index contributed by atoms with van der Waals surface area (Å²) < 4.78 is 5.41. The molecule has 0 amide bonds. The van der Waals surface area contributed by atoms with Crippen LogP contribution in [0.4, 0.5) is 0 Å². The quantitative estimate of drug-likeness (QED) is 0.821. The van der Waals surface area contributed by atoms with Crippen LogP contribution in [0.15, 0.2) is 12.1 Å². The van der Waals surface area contributed by atoms with Gasteiger partial charge in [-0.05, 0) is 37.7 Å². The van der Waals surface area contributed by atoms with E-state index in [4.69, 9.17) is 27.9 Å². The Balaban J connectivity index is 2.17. The third-order valence-electron chi connectivity index (χ3n) is 4.18. The summed E-state index contributed by atoms with van der Waals surface area (Å²) in [6.07, 6.45) is 3.89. The van der Waals surface area contributed by atoms with Gasteiger partial charge in [-0.15, -0.1) is 0 Å². The average Bonchev–Trinajstić information content (AvgIpc) is 2.43. The van der Waals surface area contributed by atoms with Gasteiger partial charge >= 0.3 is 0 Å². The number of aliphatic hydroxyl groups excluding tert-OH is 1. The van der Waals surface area contributed by atoms with Crippen molar-refractivity contribution in [2.45, 2.75) is 45.6 Å². The molecular formula is C16H22Cl2O2. The molecule has 0 saturated heterocycles. The van der Waals surface area contributed by atoms with Gasteiger partial charge in [0.15, 0.2) is 0 Å².